The minimum atomic E-state index is 0.0646. The Balaban J connectivity index is 1.76. The molecule has 0 amide bonds. The van der Waals surface area contributed by atoms with Crippen molar-refractivity contribution in [3.05, 3.63) is 35.9 Å². The number of nitrogens with zero attached hydrogens (tertiary/aromatic N) is 3. The van der Waals surface area contributed by atoms with Crippen LogP contribution >= 0.6 is 0 Å². The van der Waals surface area contributed by atoms with E-state index in [1.165, 1.54) is 0 Å². The molecular weight excluding hydrogens is 314 g/mol. The van der Waals surface area contributed by atoms with Crippen LogP contribution in [0.15, 0.2) is 35.3 Å². The standard InChI is InChI=1S/C19H33N5O/c1-16(24-11-9-23(3)10-12-24)13-21-19(20-2)22-14-18(15-25)17-7-5-4-6-8-17/h4-8,16,18,25H,9-15H2,1-3H3,(H2,20,21,22). The first-order valence-corrected chi connectivity index (χ1v) is 9.17. The van der Waals surface area contributed by atoms with E-state index in [1.54, 1.807) is 7.05 Å². The summed E-state index contributed by atoms with van der Waals surface area (Å²) in [7, 11) is 3.96. The number of aliphatic imine (C=N–C) groups is 1. The molecule has 0 bridgehead atoms. The number of hydrogen-bond donors (Lipinski definition) is 3. The van der Waals surface area contributed by atoms with Crippen LogP contribution in [0.25, 0.3) is 0 Å². The smallest absolute Gasteiger partial charge is 0.191 e. The van der Waals surface area contributed by atoms with Gasteiger partial charge in [-0.1, -0.05) is 30.3 Å². The number of aliphatic hydroxyl groups is 1. The van der Waals surface area contributed by atoms with E-state index in [4.69, 9.17) is 0 Å². The molecule has 0 aromatic heterocycles. The van der Waals surface area contributed by atoms with Crippen LogP contribution in [0.1, 0.15) is 18.4 Å². The van der Waals surface area contributed by atoms with E-state index < -0.39 is 0 Å². The minimum Gasteiger partial charge on any atom is -0.396 e. The van der Waals surface area contributed by atoms with E-state index in [1.807, 2.05) is 30.3 Å². The van der Waals surface area contributed by atoms with E-state index in [9.17, 15) is 5.11 Å². The minimum absolute atomic E-state index is 0.0646. The Morgan fingerprint density at radius 3 is 2.36 bits per heavy atom. The third-order valence-electron chi connectivity index (χ3n) is 4.96. The van der Waals surface area contributed by atoms with Crippen LogP contribution in [0.2, 0.25) is 0 Å². The highest BCUT2D eigenvalue weighted by Crippen LogP contribution is 2.13. The molecule has 0 radical (unpaired) electrons. The summed E-state index contributed by atoms with van der Waals surface area (Å²) in [4.78, 5) is 9.19. The van der Waals surface area contributed by atoms with Crippen molar-refractivity contribution >= 4 is 5.96 Å². The summed E-state index contributed by atoms with van der Waals surface area (Å²) in [6.45, 7) is 8.39. The highest BCUT2D eigenvalue weighted by molar-refractivity contribution is 5.79. The second-order valence-corrected chi connectivity index (χ2v) is 6.81. The summed E-state index contributed by atoms with van der Waals surface area (Å²) in [5.41, 5.74) is 1.14. The number of guanidine groups is 1. The Hall–Kier alpha value is -1.63. The van der Waals surface area contributed by atoms with Gasteiger partial charge in [-0.05, 0) is 19.5 Å². The highest BCUT2D eigenvalue weighted by Gasteiger charge is 2.19. The van der Waals surface area contributed by atoms with Crippen molar-refractivity contribution in [3.63, 3.8) is 0 Å². The molecule has 3 N–H and O–H groups in total. The van der Waals surface area contributed by atoms with Crippen molar-refractivity contribution < 1.29 is 5.11 Å². The second kappa shape index (κ2) is 10.4. The maximum absolute atomic E-state index is 9.66. The number of benzene rings is 1. The molecule has 0 spiro atoms. The summed E-state index contributed by atoms with van der Waals surface area (Å²) in [6, 6.07) is 10.6. The van der Waals surface area contributed by atoms with Crippen molar-refractivity contribution in [2.75, 3.05) is 60.0 Å². The van der Waals surface area contributed by atoms with E-state index in [0.717, 1.165) is 44.2 Å². The van der Waals surface area contributed by atoms with E-state index in [-0.39, 0.29) is 12.5 Å². The fourth-order valence-electron chi connectivity index (χ4n) is 3.09. The fraction of sp³-hybridized carbons (Fsp3) is 0.632. The third-order valence-corrected chi connectivity index (χ3v) is 4.96. The van der Waals surface area contributed by atoms with Crippen molar-refractivity contribution in [2.45, 2.75) is 18.9 Å². The molecule has 140 valence electrons. The lowest BCUT2D eigenvalue weighted by Gasteiger charge is -2.36. The number of piperazine rings is 1. The lowest BCUT2D eigenvalue weighted by molar-refractivity contribution is 0.120. The third kappa shape index (κ3) is 6.30. The predicted molar refractivity (Wildman–Crippen MR) is 104 cm³/mol. The van der Waals surface area contributed by atoms with Gasteiger partial charge in [-0.25, -0.2) is 0 Å². The molecule has 2 unspecified atom stereocenters. The van der Waals surface area contributed by atoms with Crippen LogP contribution in [0, 0.1) is 0 Å². The Labute approximate surface area is 151 Å². The van der Waals surface area contributed by atoms with Crippen LogP contribution in [-0.4, -0.2) is 86.9 Å². The van der Waals surface area contributed by atoms with Crippen LogP contribution < -0.4 is 10.6 Å². The summed E-state index contributed by atoms with van der Waals surface area (Å²) >= 11 is 0. The molecule has 1 aromatic carbocycles. The zero-order chi connectivity index (χ0) is 18.1. The average Bonchev–Trinajstić information content (AvgIpc) is 2.65. The maximum Gasteiger partial charge on any atom is 0.191 e. The average molecular weight is 348 g/mol. The van der Waals surface area contributed by atoms with Gasteiger partial charge in [0.1, 0.15) is 0 Å². The fourth-order valence-corrected chi connectivity index (χ4v) is 3.09. The van der Waals surface area contributed by atoms with E-state index in [2.05, 4.69) is 39.4 Å². The van der Waals surface area contributed by atoms with Crippen molar-refractivity contribution in [1.29, 1.82) is 0 Å². The molecule has 1 aliphatic heterocycles. The van der Waals surface area contributed by atoms with Crippen LogP contribution in [0.5, 0.6) is 0 Å². The quantitative estimate of drug-likeness (QED) is 0.497. The van der Waals surface area contributed by atoms with E-state index in [0.29, 0.717) is 12.6 Å². The largest absolute Gasteiger partial charge is 0.396 e. The number of aliphatic hydroxyl groups excluding tert-OH is 1. The number of hydrogen-bond acceptors (Lipinski definition) is 4. The van der Waals surface area contributed by atoms with Gasteiger partial charge in [0.15, 0.2) is 5.96 Å². The molecule has 1 heterocycles. The van der Waals surface area contributed by atoms with Gasteiger partial charge in [0.2, 0.25) is 0 Å². The molecule has 6 heteroatoms. The molecule has 2 atom stereocenters. The first kappa shape index (κ1) is 19.7. The molecule has 25 heavy (non-hydrogen) atoms. The number of rotatable bonds is 7. The monoisotopic (exact) mass is 347 g/mol. The molecule has 0 aliphatic carbocycles. The van der Waals surface area contributed by atoms with Crippen molar-refractivity contribution in [3.8, 4) is 0 Å². The summed E-state index contributed by atoms with van der Waals surface area (Å²) < 4.78 is 0. The normalized spacial score (nSPS) is 19.4. The Bertz CT molecular complexity index is 514. The number of nitrogens with one attached hydrogen (secondary N) is 2. The van der Waals surface area contributed by atoms with Gasteiger partial charge in [0.05, 0.1) is 6.61 Å². The lowest BCUT2D eigenvalue weighted by atomic mass is 10.0. The molecular formula is C19H33N5O. The molecule has 1 fully saturated rings. The van der Waals surface area contributed by atoms with Crippen molar-refractivity contribution in [2.24, 2.45) is 4.99 Å². The van der Waals surface area contributed by atoms with Gasteiger partial charge in [-0.3, -0.25) is 9.89 Å². The second-order valence-electron chi connectivity index (χ2n) is 6.81. The van der Waals surface area contributed by atoms with Gasteiger partial charge in [0, 0.05) is 58.3 Å². The Kier molecular flexibility index (Phi) is 8.18. The zero-order valence-corrected chi connectivity index (χ0v) is 15.8. The van der Waals surface area contributed by atoms with Gasteiger partial charge < -0.3 is 20.6 Å². The lowest BCUT2D eigenvalue weighted by Crippen LogP contribution is -2.52. The highest BCUT2D eigenvalue weighted by atomic mass is 16.3. The predicted octanol–water partition coefficient (Wildman–Crippen LogP) is 0.563. The summed E-state index contributed by atoms with van der Waals surface area (Å²) in [6.07, 6.45) is 0. The van der Waals surface area contributed by atoms with Gasteiger partial charge >= 0.3 is 0 Å². The molecule has 6 nitrogen and oxygen atoms in total. The zero-order valence-electron chi connectivity index (χ0n) is 15.8. The molecule has 1 aliphatic rings. The van der Waals surface area contributed by atoms with Gasteiger partial charge in [-0.2, -0.15) is 0 Å². The van der Waals surface area contributed by atoms with Crippen LogP contribution in [0.3, 0.4) is 0 Å². The topological polar surface area (TPSA) is 63.1 Å². The molecule has 2 rings (SSSR count). The van der Waals surface area contributed by atoms with Crippen LogP contribution in [-0.2, 0) is 0 Å². The van der Waals surface area contributed by atoms with Gasteiger partial charge in [0.25, 0.3) is 0 Å². The molecule has 1 saturated heterocycles. The first-order valence-electron chi connectivity index (χ1n) is 9.17. The molecule has 1 aromatic rings. The van der Waals surface area contributed by atoms with Gasteiger partial charge in [-0.15, -0.1) is 0 Å². The van der Waals surface area contributed by atoms with Crippen molar-refractivity contribution in [1.82, 2.24) is 20.4 Å². The SMILES string of the molecule is CN=C(NCC(CO)c1ccccc1)NCC(C)N1CCN(C)CC1. The summed E-state index contributed by atoms with van der Waals surface area (Å²) in [5, 5.41) is 16.4. The van der Waals surface area contributed by atoms with Crippen LogP contribution in [0.4, 0.5) is 0 Å². The molecule has 0 saturated carbocycles. The Morgan fingerprint density at radius 1 is 1.12 bits per heavy atom. The summed E-state index contributed by atoms with van der Waals surface area (Å²) in [5.74, 6) is 0.852. The van der Waals surface area contributed by atoms with E-state index >= 15 is 0 Å². The number of likely N-dealkylation sites (N-methyl/N-ethyl adjacent to an activating group) is 1. The Morgan fingerprint density at radius 2 is 1.76 bits per heavy atom. The maximum atomic E-state index is 9.66. The first-order chi connectivity index (χ1) is 12.1.